The first-order valence-electron chi connectivity index (χ1n) is 6.71. The van der Waals surface area contributed by atoms with Gasteiger partial charge in [-0.15, -0.1) is 0 Å². The van der Waals surface area contributed by atoms with Crippen LogP contribution in [0, 0.1) is 6.92 Å². The third kappa shape index (κ3) is 2.73. The topological polar surface area (TPSA) is 25.2 Å². The lowest BCUT2D eigenvalue weighted by molar-refractivity contribution is 0.490. The Labute approximate surface area is 137 Å². The van der Waals surface area contributed by atoms with Crippen molar-refractivity contribution in [1.29, 1.82) is 0 Å². The third-order valence-electron chi connectivity index (χ3n) is 3.62. The van der Waals surface area contributed by atoms with Crippen LogP contribution in [0.5, 0.6) is 0 Å². The van der Waals surface area contributed by atoms with E-state index in [-0.39, 0.29) is 6.04 Å². The maximum Gasteiger partial charge on any atom is 0.148 e. The smallest absolute Gasteiger partial charge is 0.148 e. The van der Waals surface area contributed by atoms with E-state index in [1.807, 2.05) is 44.3 Å². The summed E-state index contributed by atoms with van der Waals surface area (Å²) in [6, 6.07) is 14.2. The molecular formula is C17H15BrClNO. The molecule has 1 aromatic heterocycles. The van der Waals surface area contributed by atoms with Gasteiger partial charge >= 0.3 is 0 Å². The van der Waals surface area contributed by atoms with E-state index in [0.717, 1.165) is 37.4 Å². The molecule has 2 nitrogen and oxygen atoms in total. The van der Waals surface area contributed by atoms with Gasteiger partial charge in [0.1, 0.15) is 11.3 Å². The first kappa shape index (κ1) is 14.6. The third-order valence-corrected chi connectivity index (χ3v) is 4.65. The normalized spacial score (nSPS) is 12.8. The minimum Gasteiger partial charge on any atom is -0.458 e. The summed E-state index contributed by atoms with van der Waals surface area (Å²) in [5, 5.41) is 5.14. The van der Waals surface area contributed by atoms with Gasteiger partial charge in [-0.25, -0.2) is 0 Å². The lowest BCUT2D eigenvalue weighted by Crippen LogP contribution is -2.17. The van der Waals surface area contributed by atoms with Crippen molar-refractivity contribution in [2.45, 2.75) is 13.0 Å². The number of fused-ring (bicyclic) bond motifs is 1. The molecule has 4 heteroatoms. The van der Waals surface area contributed by atoms with Crippen LogP contribution in [-0.4, -0.2) is 7.05 Å². The average Bonchev–Trinajstić information content (AvgIpc) is 2.89. The Morgan fingerprint density at radius 1 is 1.19 bits per heavy atom. The van der Waals surface area contributed by atoms with Crippen LogP contribution < -0.4 is 5.32 Å². The molecule has 1 unspecified atom stereocenters. The van der Waals surface area contributed by atoms with Crippen molar-refractivity contribution >= 4 is 38.5 Å². The van der Waals surface area contributed by atoms with E-state index in [1.165, 1.54) is 0 Å². The molecule has 0 radical (unpaired) electrons. The molecule has 0 aliphatic heterocycles. The largest absolute Gasteiger partial charge is 0.458 e. The number of halogens is 2. The Hall–Kier alpha value is -1.29. The molecule has 1 N–H and O–H groups in total. The first-order chi connectivity index (χ1) is 10.1. The molecule has 0 fully saturated rings. The van der Waals surface area contributed by atoms with E-state index in [1.54, 1.807) is 0 Å². The molecule has 21 heavy (non-hydrogen) atoms. The van der Waals surface area contributed by atoms with Crippen LogP contribution in [0.2, 0.25) is 5.02 Å². The van der Waals surface area contributed by atoms with Gasteiger partial charge in [0.15, 0.2) is 0 Å². The van der Waals surface area contributed by atoms with Gasteiger partial charge in [-0.1, -0.05) is 35.9 Å². The summed E-state index contributed by atoms with van der Waals surface area (Å²) in [6.45, 7) is 2.00. The summed E-state index contributed by atoms with van der Waals surface area (Å²) in [4.78, 5) is 0. The van der Waals surface area contributed by atoms with Gasteiger partial charge in [0.25, 0.3) is 0 Å². The van der Waals surface area contributed by atoms with Crippen molar-refractivity contribution in [2.24, 2.45) is 0 Å². The summed E-state index contributed by atoms with van der Waals surface area (Å²) in [5.74, 6) is 0.874. The number of hydrogen-bond acceptors (Lipinski definition) is 2. The first-order valence-corrected chi connectivity index (χ1v) is 7.88. The molecule has 0 bridgehead atoms. The van der Waals surface area contributed by atoms with E-state index >= 15 is 0 Å². The lowest BCUT2D eigenvalue weighted by Gasteiger charge is -2.15. The molecule has 0 amide bonds. The number of furan rings is 1. The quantitative estimate of drug-likeness (QED) is 0.667. The summed E-state index contributed by atoms with van der Waals surface area (Å²) < 4.78 is 6.99. The van der Waals surface area contributed by atoms with E-state index < -0.39 is 0 Å². The number of nitrogens with one attached hydrogen (secondary N) is 1. The standard InChI is InChI=1S/C17H15BrClNO/c1-10-6-7-11(8-14(10)19)16(20-2)15-9-12-4-3-5-13(18)17(12)21-15/h3-9,16,20H,1-2H3. The van der Waals surface area contributed by atoms with Crippen LogP contribution in [0.1, 0.15) is 22.9 Å². The predicted molar refractivity (Wildman–Crippen MR) is 91.0 cm³/mol. The molecule has 2 aromatic carbocycles. The summed E-state index contributed by atoms with van der Waals surface area (Å²) in [7, 11) is 1.92. The fraction of sp³-hybridized carbons (Fsp3) is 0.176. The van der Waals surface area contributed by atoms with Gasteiger partial charge in [0.2, 0.25) is 0 Å². The Morgan fingerprint density at radius 2 is 2.00 bits per heavy atom. The van der Waals surface area contributed by atoms with Crippen LogP contribution in [0.25, 0.3) is 11.0 Å². The molecule has 0 spiro atoms. The van der Waals surface area contributed by atoms with Crippen molar-refractivity contribution in [2.75, 3.05) is 7.05 Å². The molecule has 3 aromatic rings. The highest BCUT2D eigenvalue weighted by Crippen LogP contribution is 2.33. The second-order valence-electron chi connectivity index (χ2n) is 5.04. The molecule has 0 saturated heterocycles. The number of rotatable bonds is 3. The van der Waals surface area contributed by atoms with Crippen molar-refractivity contribution in [3.05, 3.63) is 68.8 Å². The summed E-state index contributed by atoms with van der Waals surface area (Å²) >= 11 is 9.76. The molecule has 1 heterocycles. The fourth-order valence-electron chi connectivity index (χ4n) is 2.45. The lowest BCUT2D eigenvalue weighted by atomic mass is 10.0. The van der Waals surface area contributed by atoms with Gasteiger partial charge in [-0.05, 0) is 59.2 Å². The molecule has 108 valence electrons. The Bertz CT molecular complexity index is 797. The van der Waals surface area contributed by atoms with Crippen LogP contribution in [0.3, 0.4) is 0 Å². The maximum absolute atomic E-state index is 6.24. The Morgan fingerprint density at radius 3 is 2.67 bits per heavy atom. The van der Waals surface area contributed by atoms with Crippen molar-refractivity contribution < 1.29 is 4.42 Å². The van der Waals surface area contributed by atoms with Gasteiger partial charge in [-0.3, -0.25) is 0 Å². The number of benzene rings is 2. The summed E-state index contributed by atoms with van der Waals surface area (Å²) in [6.07, 6.45) is 0. The number of aryl methyl sites for hydroxylation is 1. The van der Waals surface area contributed by atoms with E-state index in [2.05, 4.69) is 33.4 Å². The van der Waals surface area contributed by atoms with E-state index in [4.69, 9.17) is 16.0 Å². The monoisotopic (exact) mass is 363 g/mol. The molecular weight excluding hydrogens is 350 g/mol. The van der Waals surface area contributed by atoms with Crippen molar-refractivity contribution in [3.8, 4) is 0 Å². The zero-order valence-corrected chi connectivity index (χ0v) is 14.1. The van der Waals surface area contributed by atoms with Gasteiger partial charge in [0.05, 0.1) is 10.5 Å². The number of para-hydroxylation sites is 1. The van der Waals surface area contributed by atoms with E-state index in [9.17, 15) is 0 Å². The Kier molecular flexibility index (Phi) is 4.07. The Balaban J connectivity index is 2.09. The van der Waals surface area contributed by atoms with Crippen LogP contribution in [0.4, 0.5) is 0 Å². The SMILES string of the molecule is CNC(c1ccc(C)c(Cl)c1)c1cc2cccc(Br)c2o1. The van der Waals surface area contributed by atoms with E-state index in [0.29, 0.717) is 0 Å². The van der Waals surface area contributed by atoms with Crippen LogP contribution in [0.15, 0.2) is 51.4 Å². The minimum atomic E-state index is -0.0256. The maximum atomic E-state index is 6.24. The van der Waals surface area contributed by atoms with Gasteiger partial charge in [-0.2, -0.15) is 0 Å². The molecule has 1 atom stereocenters. The zero-order valence-electron chi connectivity index (χ0n) is 11.8. The number of hydrogen-bond donors (Lipinski definition) is 1. The molecule has 0 aliphatic carbocycles. The van der Waals surface area contributed by atoms with Crippen molar-refractivity contribution in [1.82, 2.24) is 5.32 Å². The zero-order chi connectivity index (χ0) is 15.0. The summed E-state index contributed by atoms with van der Waals surface area (Å²) in [5.41, 5.74) is 3.02. The highest BCUT2D eigenvalue weighted by Gasteiger charge is 2.18. The highest BCUT2D eigenvalue weighted by molar-refractivity contribution is 9.10. The van der Waals surface area contributed by atoms with Gasteiger partial charge < -0.3 is 9.73 Å². The molecule has 0 aliphatic rings. The predicted octanol–water partition coefficient (Wildman–Crippen LogP) is 5.47. The average molecular weight is 365 g/mol. The van der Waals surface area contributed by atoms with Crippen LogP contribution in [-0.2, 0) is 0 Å². The molecule has 3 rings (SSSR count). The van der Waals surface area contributed by atoms with Crippen molar-refractivity contribution in [3.63, 3.8) is 0 Å². The second-order valence-corrected chi connectivity index (χ2v) is 6.30. The minimum absolute atomic E-state index is 0.0256. The molecule has 0 saturated carbocycles. The second kappa shape index (κ2) is 5.84. The van der Waals surface area contributed by atoms with Crippen LogP contribution >= 0.6 is 27.5 Å². The van der Waals surface area contributed by atoms with Gasteiger partial charge in [0, 0.05) is 10.4 Å². The highest BCUT2D eigenvalue weighted by atomic mass is 79.9. The fourth-order valence-corrected chi connectivity index (χ4v) is 3.10.